The molecule has 0 spiro atoms. The van der Waals surface area contributed by atoms with Gasteiger partial charge in [-0.05, 0) is 6.07 Å². The SMILES string of the molecule is CN(C)C(=O)N1CCN(C(=O)[C@H]2O[C@@H](n3ccc(N)nc3=O)[C@H](O)[C@@H]2O)CC1. The Balaban J connectivity index is 1.68. The number of hydrogen-bond donors (Lipinski definition) is 3. The molecule has 4 atom stereocenters. The van der Waals surface area contributed by atoms with E-state index in [1.165, 1.54) is 22.1 Å². The van der Waals surface area contributed by atoms with E-state index >= 15 is 0 Å². The van der Waals surface area contributed by atoms with Crippen LogP contribution in [0.4, 0.5) is 10.6 Å². The van der Waals surface area contributed by atoms with Gasteiger partial charge in [0.1, 0.15) is 18.0 Å². The van der Waals surface area contributed by atoms with Gasteiger partial charge in [-0.25, -0.2) is 9.59 Å². The highest BCUT2D eigenvalue weighted by Gasteiger charge is 2.49. The Hall–Kier alpha value is -2.70. The summed E-state index contributed by atoms with van der Waals surface area (Å²) in [6, 6.07) is 1.20. The lowest BCUT2D eigenvalue weighted by atomic mass is 10.1. The van der Waals surface area contributed by atoms with Crippen molar-refractivity contribution < 1.29 is 24.5 Å². The van der Waals surface area contributed by atoms with Crippen LogP contribution in [-0.2, 0) is 9.53 Å². The van der Waals surface area contributed by atoms with Gasteiger partial charge in [0, 0.05) is 46.5 Å². The molecule has 4 N–H and O–H groups in total. The van der Waals surface area contributed by atoms with E-state index in [0.717, 1.165) is 4.57 Å². The minimum Gasteiger partial charge on any atom is -0.387 e. The molecule has 1 aromatic rings. The van der Waals surface area contributed by atoms with Crippen molar-refractivity contribution in [2.75, 3.05) is 46.0 Å². The van der Waals surface area contributed by atoms with Gasteiger partial charge in [0.2, 0.25) is 0 Å². The van der Waals surface area contributed by atoms with E-state index in [-0.39, 0.29) is 24.9 Å². The number of carbonyl (C=O) groups is 2. The molecule has 0 radical (unpaired) electrons. The van der Waals surface area contributed by atoms with Crippen molar-refractivity contribution in [3.05, 3.63) is 22.7 Å². The number of piperazine rings is 1. The molecular weight excluding hydrogens is 372 g/mol. The zero-order chi connectivity index (χ0) is 20.6. The highest BCUT2D eigenvalue weighted by Crippen LogP contribution is 2.29. The maximum atomic E-state index is 12.8. The van der Waals surface area contributed by atoms with Crippen molar-refractivity contribution in [3.63, 3.8) is 0 Å². The molecular formula is C16H24N6O6. The number of hydrogen-bond acceptors (Lipinski definition) is 8. The molecule has 12 nitrogen and oxygen atoms in total. The average Bonchev–Trinajstić information content (AvgIpc) is 2.96. The Bertz CT molecular complexity index is 805. The van der Waals surface area contributed by atoms with Gasteiger partial charge in [-0.15, -0.1) is 0 Å². The molecule has 28 heavy (non-hydrogen) atoms. The van der Waals surface area contributed by atoms with E-state index in [1.807, 2.05) is 0 Å². The van der Waals surface area contributed by atoms with E-state index in [1.54, 1.807) is 19.0 Å². The predicted octanol–water partition coefficient (Wildman–Crippen LogP) is -2.73. The molecule has 3 heterocycles. The zero-order valence-corrected chi connectivity index (χ0v) is 15.6. The first-order chi connectivity index (χ1) is 13.2. The standard InChI is InChI=1S/C16H24N6O6/c1-19(2)16(27)21-7-5-20(6-8-21)13(25)12-10(23)11(24)14(28-12)22-4-3-9(17)18-15(22)26/h3-4,10-12,14,23-24H,5-8H2,1-2H3,(H2,17,18,26)/t10-,11+,12-,14+/m0/s1. The maximum absolute atomic E-state index is 12.8. The van der Waals surface area contributed by atoms with Gasteiger partial charge in [0.05, 0.1) is 0 Å². The fraction of sp³-hybridized carbons (Fsp3) is 0.625. The van der Waals surface area contributed by atoms with E-state index < -0.39 is 36.1 Å². The summed E-state index contributed by atoms with van der Waals surface area (Å²) >= 11 is 0. The number of nitrogen functional groups attached to an aromatic ring is 1. The molecule has 2 aliphatic rings. The summed E-state index contributed by atoms with van der Waals surface area (Å²) in [7, 11) is 3.30. The normalized spacial score (nSPS) is 27.7. The Labute approximate surface area is 160 Å². The number of aromatic nitrogens is 2. The van der Waals surface area contributed by atoms with E-state index in [9.17, 15) is 24.6 Å². The highest BCUT2D eigenvalue weighted by atomic mass is 16.6. The number of nitrogens with zero attached hydrogens (tertiary/aromatic N) is 5. The van der Waals surface area contributed by atoms with Gasteiger partial charge in [0.15, 0.2) is 12.3 Å². The first-order valence-electron chi connectivity index (χ1n) is 8.82. The molecule has 154 valence electrons. The van der Waals surface area contributed by atoms with Crippen LogP contribution in [0.3, 0.4) is 0 Å². The number of nitrogens with two attached hydrogens (primary N) is 1. The Morgan fingerprint density at radius 2 is 1.79 bits per heavy atom. The van der Waals surface area contributed by atoms with Crippen LogP contribution in [0.1, 0.15) is 6.23 Å². The quantitative estimate of drug-likeness (QED) is 0.487. The monoisotopic (exact) mass is 396 g/mol. The smallest absolute Gasteiger partial charge is 0.351 e. The van der Waals surface area contributed by atoms with Gasteiger partial charge in [-0.3, -0.25) is 9.36 Å². The summed E-state index contributed by atoms with van der Waals surface area (Å²) in [5, 5.41) is 20.6. The van der Waals surface area contributed by atoms with Gasteiger partial charge in [0.25, 0.3) is 5.91 Å². The number of rotatable bonds is 2. The second-order valence-electron chi connectivity index (χ2n) is 6.96. The third-order valence-corrected chi connectivity index (χ3v) is 4.85. The third-order valence-electron chi connectivity index (χ3n) is 4.85. The number of aliphatic hydroxyl groups excluding tert-OH is 2. The first-order valence-corrected chi connectivity index (χ1v) is 8.82. The molecule has 2 saturated heterocycles. The summed E-state index contributed by atoms with van der Waals surface area (Å²) in [4.78, 5) is 44.8. The van der Waals surface area contributed by atoms with Crippen molar-refractivity contribution in [3.8, 4) is 0 Å². The summed E-state index contributed by atoms with van der Waals surface area (Å²) < 4.78 is 6.50. The third kappa shape index (κ3) is 3.66. The van der Waals surface area contributed by atoms with Crippen LogP contribution in [0.5, 0.6) is 0 Å². The Morgan fingerprint density at radius 1 is 1.18 bits per heavy atom. The lowest BCUT2D eigenvalue weighted by Crippen LogP contribution is -2.55. The summed E-state index contributed by atoms with van der Waals surface area (Å²) in [5.74, 6) is -0.505. The summed E-state index contributed by atoms with van der Waals surface area (Å²) in [6.45, 7) is 1.24. The number of aliphatic hydroxyl groups is 2. The van der Waals surface area contributed by atoms with Crippen LogP contribution in [0.15, 0.2) is 17.1 Å². The van der Waals surface area contributed by atoms with Crippen molar-refractivity contribution in [2.24, 2.45) is 0 Å². The molecule has 0 bridgehead atoms. The first kappa shape index (κ1) is 20.0. The average molecular weight is 396 g/mol. The van der Waals surface area contributed by atoms with Crippen LogP contribution in [0, 0.1) is 0 Å². The molecule has 0 unspecified atom stereocenters. The molecule has 0 saturated carbocycles. The van der Waals surface area contributed by atoms with Gasteiger partial charge < -0.3 is 35.4 Å². The van der Waals surface area contributed by atoms with E-state index in [2.05, 4.69) is 4.98 Å². The fourth-order valence-corrected chi connectivity index (χ4v) is 3.29. The van der Waals surface area contributed by atoms with Crippen LogP contribution < -0.4 is 11.4 Å². The molecule has 1 aromatic heterocycles. The van der Waals surface area contributed by atoms with Crippen molar-refractivity contribution in [1.82, 2.24) is 24.3 Å². The number of urea groups is 1. The van der Waals surface area contributed by atoms with Gasteiger partial charge in [-0.2, -0.15) is 4.98 Å². The fourth-order valence-electron chi connectivity index (χ4n) is 3.29. The van der Waals surface area contributed by atoms with Crippen molar-refractivity contribution in [1.29, 1.82) is 0 Å². The Morgan fingerprint density at radius 3 is 2.36 bits per heavy atom. The molecule has 12 heteroatoms. The lowest BCUT2D eigenvalue weighted by Gasteiger charge is -2.37. The van der Waals surface area contributed by atoms with E-state index in [4.69, 9.17) is 10.5 Å². The number of anilines is 1. The van der Waals surface area contributed by atoms with Crippen LogP contribution in [0.2, 0.25) is 0 Å². The van der Waals surface area contributed by atoms with Gasteiger partial charge in [-0.1, -0.05) is 0 Å². The predicted molar refractivity (Wildman–Crippen MR) is 96.1 cm³/mol. The minimum atomic E-state index is -1.51. The van der Waals surface area contributed by atoms with Gasteiger partial charge >= 0.3 is 11.7 Å². The van der Waals surface area contributed by atoms with Crippen LogP contribution in [-0.4, -0.2) is 105 Å². The van der Waals surface area contributed by atoms with Crippen LogP contribution >= 0.6 is 0 Å². The largest absolute Gasteiger partial charge is 0.387 e. The summed E-state index contributed by atoms with van der Waals surface area (Å²) in [5.41, 5.74) is 4.68. The highest BCUT2D eigenvalue weighted by molar-refractivity contribution is 5.82. The second kappa shape index (κ2) is 7.73. The number of ether oxygens (including phenoxy) is 1. The molecule has 2 aliphatic heterocycles. The zero-order valence-electron chi connectivity index (χ0n) is 15.6. The lowest BCUT2D eigenvalue weighted by molar-refractivity contribution is -0.150. The molecule has 0 aromatic carbocycles. The summed E-state index contributed by atoms with van der Waals surface area (Å²) in [6.07, 6.45) is -4.32. The number of amides is 3. The van der Waals surface area contributed by atoms with Crippen molar-refractivity contribution >= 4 is 17.8 Å². The molecule has 3 amide bonds. The van der Waals surface area contributed by atoms with Crippen LogP contribution in [0.25, 0.3) is 0 Å². The minimum absolute atomic E-state index is 0.00653. The second-order valence-corrected chi connectivity index (χ2v) is 6.96. The molecule has 3 rings (SSSR count). The molecule has 0 aliphatic carbocycles. The Kier molecular flexibility index (Phi) is 5.54. The maximum Gasteiger partial charge on any atom is 0.351 e. The molecule has 2 fully saturated rings. The topological polar surface area (TPSA) is 154 Å². The number of carbonyl (C=O) groups excluding carboxylic acids is 2. The van der Waals surface area contributed by atoms with E-state index in [0.29, 0.717) is 13.1 Å². The van der Waals surface area contributed by atoms with Crippen molar-refractivity contribution in [2.45, 2.75) is 24.5 Å².